The Bertz CT molecular complexity index is 1050. The van der Waals surface area contributed by atoms with Gasteiger partial charge in [0.2, 0.25) is 0 Å². The van der Waals surface area contributed by atoms with Crippen LogP contribution in [0.15, 0.2) is 84.5 Å². The molecule has 140 valence electrons. The quantitative estimate of drug-likeness (QED) is 0.475. The number of amides is 1. The first-order valence-electron chi connectivity index (χ1n) is 9.05. The fourth-order valence-corrected chi connectivity index (χ4v) is 4.12. The average Bonchev–Trinajstić information content (AvgIpc) is 3.39. The van der Waals surface area contributed by atoms with Crippen molar-refractivity contribution in [2.45, 2.75) is 6.42 Å². The number of carbonyl (C=O) groups excluding carboxylic acids is 1. The lowest BCUT2D eigenvalue weighted by atomic mass is 10.1. The molecule has 0 fully saturated rings. The lowest BCUT2D eigenvalue weighted by molar-refractivity contribution is 0.0958. The van der Waals surface area contributed by atoms with Crippen LogP contribution in [0.25, 0.3) is 16.8 Å². The summed E-state index contributed by atoms with van der Waals surface area (Å²) in [5.74, 6) is -0.377. The summed E-state index contributed by atoms with van der Waals surface area (Å²) in [6.07, 6.45) is 4.60. The van der Waals surface area contributed by atoms with E-state index >= 15 is 0 Å². The standard InChI is InChI=1S/C23H19FN2OS/c24-19-10-8-18(9-11-19)20-16-28-22(21(20)26-14-4-5-15-26)23(27)25-13-12-17-6-2-1-3-7-17/h1-11,14-16H,12-13H2,(H,25,27). The molecule has 0 aliphatic heterocycles. The Balaban J connectivity index is 1.60. The second-order valence-corrected chi connectivity index (χ2v) is 7.30. The topological polar surface area (TPSA) is 34.0 Å². The highest BCUT2D eigenvalue weighted by atomic mass is 32.1. The highest BCUT2D eigenvalue weighted by Gasteiger charge is 2.20. The number of aromatic nitrogens is 1. The van der Waals surface area contributed by atoms with Crippen LogP contribution in [0.5, 0.6) is 0 Å². The Morgan fingerprint density at radius 1 is 0.964 bits per heavy atom. The predicted octanol–water partition coefficient (Wildman–Crippen LogP) is 5.32. The molecular weight excluding hydrogens is 371 g/mol. The van der Waals surface area contributed by atoms with Crippen molar-refractivity contribution in [3.05, 3.63) is 101 Å². The second kappa shape index (κ2) is 8.23. The van der Waals surface area contributed by atoms with E-state index < -0.39 is 0 Å². The summed E-state index contributed by atoms with van der Waals surface area (Å²) in [7, 11) is 0. The van der Waals surface area contributed by atoms with Crippen LogP contribution in [0.4, 0.5) is 4.39 Å². The number of carbonyl (C=O) groups is 1. The SMILES string of the molecule is O=C(NCCc1ccccc1)c1scc(-c2ccc(F)cc2)c1-n1cccc1. The molecule has 3 nitrogen and oxygen atoms in total. The molecule has 0 aliphatic rings. The first-order chi connectivity index (χ1) is 13.7. The van der Waals surface area contributed by atoms with Gasteiger partial charge in [0.1, 0.15) is 10.7 Å². The molecule has 0 radical (unpaired) electrons. The molecule has 1 amide bonds. The smallest absolute Gasteiger partial charge is 0.263 e. The van der Waals surface area contributed by atoms with Gasteiger partial charge < -0.3 is 9.88 Å². The molecule has 0 saturated carbocycles. The van der Waals surface area contributed by atoms with E-state index in [0.717, 1.165) is 23.2 Å². The van der Waals surface area contributed by atoms with Crippen LogP contribution in [-0.4, -0.2) is 17.0 Å². The van der Waals surface area contributed by atoms with Crippen LogP contribution in [0, 0.1) is 5.82 Å². The van der Waals surface area contributed by atoms with Crippen molar-refractivity contribution in [1.29, 1.82) is 0 Å². The molecule has 2 aromatic heterocycles. The Hall–Kier alpha value is -3.18. The van der Waals surface area contributed by atoms with Crippen LogP contribution < -0.4 is 5.32 Å². The largest absolute Gasteiger partial charge is 0.351 e. The minimum atomic E-state index is -0.277. The molecule has 1 N–H and O–H groups in total. The van der Waals surface area contributed by atoms with Crippen molar-refractivity contribution in [1.82, 2.24) is 9.88 Å². The molecule has 2 aromatic carbocycles. The van der Waals surface area contributed by atoms with Gasteiger partial charge in [-0.3, -0.25) is 4.79 Å². The van der Waals surface area contributed by atoms with Gasteiger partial charge in [0.25, 0.3) is 5.91 Å². The normalized spacial score (nSPS) is 10.8. The second-order valence-electron chi connectivity index (χ2n) is 6.42. The number of nitrogens with one attached hydrogen (secondary N) is 1. The number of hydrogen-bond donors (Lipinski definition) is 1. The highest BCUT2D eigenvalue weighted by Crippen LogP contribution is 2.35. The van der Waals surface area contributed by atoms with Gasteiger partial charge in [-0.1, -0.05) is 42.5 Å². The number of thiophene rings is 1. The van der Waals surface area contributed by atoms with E-state index in [9.17, 15) is 9.18 Å². The van der Waals surface area contributed by atoms with E-state index in [1.165, 1.54) is 29.0 Å². The third-order valence-electron chi connectivity index (χ3n) is 4.53. The maximum Gasteiger partial charge on any atom is 0.263 e. The zero-order valence-corrected chi connectivity index (χ0v) is 16.0. The minimum absolute atomic E-state index is 0.0991. The summed E-state index contributed by atoms with van der Waals surface area (Å²) in [5, 5.41) is 4.97. The number of nitrogens with zero attached hydrogens (tertiary/aromatic N) is 1. The van der Waals surface area contributed by atoms with Crippen molar-refractivity contribution in [2.75, 3.05) is 6.54 Å². The van der Waals surface area contributed by atoms with Crippen molar-refractivity contribution >= 4 is 17.2 Å². The summed E-state index contributed by atoms with van der Waals surface area (Å²) in [4.78, 5) is 13.5. The van der Waals surface area contributed by atoms with E-state index in [0.29, 0.717) is 11.4 Å². The van der Waals surface area contributed by atoms with Crippen LogP contribution >= 0.6 is 11.3 Å². The highest BCUT2D eigenvalue weighted by molar-refractivity contribution is 7.13. The van der Waals surface area contributed by atoms with Crippen molar-refractivity contribution in [3.63, 3.8) is 0 Å². The van der Waals surface area contributed by atoms with Crippen molar-refractivity contribution < 1.29 is 9.18 Å². The Kier molecular flexibility index (Phi) is 5.35. The maximum absolute atomic E-state index is 13.3. The summed E-state index contributed by atoms with van der Waals surface area (Å²) >= 11 is 1.40. The Morgan fingerprint density at radius 2 is 1.68 bits per heavy atom. The zero-order chi connectivity index (χ0) is 19.3. The van der Waals surface area contributed by atoms with Gasteiger partial charge >= 0.3 is 0 Å². The number of benzene rings is 2. The van der Waals surface area contributed by atoms with E-state index in [2.05, 4.69) is 17.4 Å². The van der Waals surface area contributed by atoms with Gasteiger partial charge in [0.05, 0.1) is 5.69 Å². The summed E-state index contributed by atoms with van der Waals surface area (Å²) in [6, 6.07) is 20.3. The summed E-state index contributed by atoms with van der Waals surface area (Å²) in [6.45, 7) is 0.567. The summed E-state index contributed by atoms with van der Waals surface area (Å²) < 4.78 is 15.3. The van der Waals surface area contributed by atoms with Crippen LogP contribution in [0.1, 0.15) is 15.2 Å². The molecule has 0 unspecified atom stereocenters. The maximum atomic E-state index is 13.3. The minimum Gasteiger partial charge on any atom is -0.351 e. The van der Waals surface area contributed by atoms with Crippen LogP contribution in [0.2, 0.25) is 0 Å². The fourth-order valence-electron chi connectivity index (χ4n) is 3.13. The Labute approximate surface area is 167 Å². The Morgan fingerprint density at radius 3 is 2.39 bits per heavy atom. The monoisotopic (exact) mass is 390 g/mol. The number of hydrogen-bond acceptors (Lipinski definition) is 2. The van der Waals surface area contributed by atoms with Gasteiger partial charge in [-0.05, 0) is 41.8 Å². The van der Waals surface area contributed by atoms with Gasteiger partial charge in [0, 0.05) is 29.9 Å². The molecule has 5 heteroatoms. The molecule has 0 bridgehead atoms. The molecule has 28 heavy (non-hydrogen) atoms. The van der Waals surface area contributed by atoms with Crippen LogP contribution in [0.3, 0.4) is 0 Å². The van der Waals surface area contributed by atoms with E-state index in [1.54, 1.807) is 12.1 Å². The van der Waals surface area contributed by atoms with Gasteiger partial charge in [-0.15, -0.1) is 11.3 Å². The van der Waals surface area contributed by atoms with Gasteiger partial charge in [-0.2, -0.15) is 0 Å². The number of halogens is 1. The molecular formula is C23H19FN2OS. The third kappa shape index (κ3) is 3.89. The molecule has 0 spiro atoms. The lowest BCUT2D eigenvalue weighted by Gasteiger charge is -2.10. The lowest BCUT2D eigenvalue weighted by Crippen LogP contribution is -2.25. The molecule has 4 aromatic rings. The van der Waals surface area contributed by atoms with E-state index in [1.807, 2.05) is 52.7 Å². The molecule has 4 rings (SSSR count). The van der Waals surface area contributed by atoms with Crippen molar-refractivity contribution in [2.24, 2.45) is 0 Å². The average molecular weight is 390 g/mol. The fraction of sp³-hybridized carbons (Fsp3) is 0.0870. The van der Waals surface area contributed by atoms with Crippen LogP contribution in [-0.2, 0) is 6.42 Å². The molecule has 0 atom stereocenters. The van der Waals surface area contributed by atoms with Crippen molar-refractivity contribution in [3.8, 4) is 16.8 Å². The van der Waals surface area contributed by atoms with Gasteiger partial charge in [-0.25, -0.2) is 4.39 Å². The predicted molar refractivity (Wildman–Crippen MR) is 112 cm³/mol. The molecule has 2 heterocycles. The van der Waals surface area contributed by atoms with E-state index in [-0.39, 0.29) is 11.7 Å². The zero-order valence-electron chi connectivity index (χ0n) is 15.1. The molecule has 0 saturated heterocycles. The third-order valence-corrected chi connectivity index (χ3v) is 5.50. The van der Waals surface area contributed by atoms with Gasteiger partial charge in [0.15, 0.2) is 0 Å². The summed E-state index contributed by atoms with van der Waals surface area (Å²) in [5.41, 5.74) is 3.80. The number of rotatable bonds is 6. The molecule has 0 aliphatic carbocycles. The first kappa shape index (κ1) is 18.2. The van der Waals surface area contributed by atoms with E-state index in [4.69, 9.17) is 0 Å². The first-order valence-corrected chi connectivity index (χ1v) is 9.93.